The van der Waals surface area contributed by atoms with Crippen LogP contribution in [0.5, 0.6) is 0 Å². The van der Waals surface area contributed by atoms with E-state index in [1.54, 1.807) is 0 Å². The molecule has 0 radical (unpaired) electrons. The third-order valence-electron chi connectivity index (χ3n) is 8.07. The van der Waals surface area contributed by atoms with Crippen molar-refractivity contribution in [2.75, 3.05) is 5.75 Å². The van der Waals surface area contributed by atoms with Crippen LogP contribution in [-0.2, 0) is 21.2 Å². The van der Waals surface area contributed by atoms with Crippen LogP contribution in [-0.4, -0.2) is 60.0 Å². The Balaban J connectivity index is 1.46. The first kappa shape index (κ1) is 27.9. The Bertz CT molecular complexity index is 1390. The van der Waals surface area contributed by atoms with E-state index in [0.717, 1.165) is 12.1 Å². The average molecular weight is 577 g/mol. The van der Waals surface area contributed by atoms with Gasteiger partial charge in [0.1, 0.15) is 17.5 Å². The van der Waals surface area contributed by atoms with Crippen molar-refractivity contribution in [3.8, 4) is 11.1 Å². The van der Waals surface area contributed by atoms with Crippen molar-refractivity contribution in [1.82, 2.24) is 9.62 Å². The quantitative estimate of drug-likeness (QED) is 0.490. The third kappa shape index (κ3) is 5.04. The lowest BCUT2D eigenvalue weighted by molar-refractivity contribution is -0.296. The van der Waals surface area contributed by atoms with E-state index >= 15 is 4.39 Å². The number of rotatable bonds is 7. The predicted octanol–water partition coefficient (Wildman–Crippen LogP) is 3.92. The minimum absolute atomic E-state index is 0.0439. The van der Waals surface area contributed by atoms with Gasteiger partial charge in [0.25, 0.3) is 0 Å². The molecule has 2 aliphatic carbocycles. The normalized spacial score (nSPS) is 30.2. The smallest absolute Gasteiger partial charge is 0.380 e. The summed E-state index contributed by atoms with van der Waals surface area (Å²) in [5, 5.41) is 9.85. The van der Waals surface area contributed by atoms with Gasteiger partial charge in [-0.1, -0.05) is 18.2 Å². The molecule has 13 heteroatoms. The van der Waals surface area contributed by atoms with Gasteiger partial charge in [-0.05, 0) is 61.8 Å². The number of fused-ring (bicyclic) bond motifs is 1. The van der Waals surface area contributed by atoms with Gasteiger partial charge in [-0.3, -0.25) is 4.79 Å². The summed E-state index contributed by atoms with van der Waals surface area (Å²) in [6.07, 6.45) is -6.27. The number of sulfonamides is 1. The summed E-state index contributed by atoms with van der Waals surface area (Å²) < 4.78 is 110. The van der Waals surface area contributed by atoms with Crippen molar-refractivity contribution < 1.29 is 44.7 Å². The van der Waals surface area contributed by atoms with Crippen LogP contribution in [0, 0.1) is 29.3 Å². The number of aliphatic hydroxyl groups is 1. The molecule has 0 bridgehead atoms. The first-order valence-electron chi connectivity index (χ1n) is 12.5. The molecular weight excluding hydrogens is 550 g/mol. The Labute approximate surface area is 221 Å². The Morgan fingerprint density at radius 2 is 1.77 bits per heavy atom. The number of amides is 1. The van der Waals surface area contributed by atoms with E-state index in [4.69, 9.17) is 0 Å². The molecule has 6 nitrogen and oxygen atoms in total. The third-order valence-corrected chi connectivity index (χ3v) is 9.46. The second-order valence-electron chi connectivity index (χ2n) is 10.6. The van der Waals surface area contributed by atoms with Crippen molar-refractivity contribution >= 4 is 15.9 Å². The minimum Gasteiger partial charge on any atom is -0.380 e. The SMILES string of the molecule is CCS(=O)(=O)N[C@@H]1[C@H]2C[C@H]2N(C(=O)C2CC(O)(C(F)(F)F)C2)[C@@H]1Cc1cccc(-c2cc(F)cc(F)c2)c1F. The zero-order valence-electron chi connectivity index (χ0n) is 20.7. The molecule has 2 aromatic rings. The monoisotopic (exact) mass is 576 g/mol. The van der Waals surface area contributed by atoms with Crippen molar-refractivity contribution in [1.29, 1.82) is 0 Å². The highest BCUT2D eigenvalue weighted by Crippen LogP contribution is 2.54. The van der Waals surface area contributed by atoms with Crippen LogP contribution in [0.4, 0.5) is 26.3 Å². The summed E-state index contributed by atoms with van der Waals surface area (Å²) in [6, 6.07) is 4.59. The molecule has 3 aliphatic rings. The molecule has 1 heterocycles. The highest BCUT2D eigenvalue weighted by atomic mass is 32.2. The number of likely N-dealkylation sites (tertiary alicyclic amines) is 1. The van der Waals surface area contributed by atoms with Crippen molar-refractivity contribution in [2.24, 2.45) is 11.8 Å². The lowest BCUT2D eigenvalue weighted by atomic mass is 9.69. The van der Waals surface area contributed by atoms with E-state index < -0.39 is 82.0 Å². The van der Waals surface area contributed by atoms with Gasteiger partial charge in [0.05, 0.1) is 11.8 Å². The van der Waals surface area contributed by atoms with E-state index in [9.17, 15) is 40.3 Å². The van der Waals surface area contributed by atoms with Gasteiger partial charge >= 0.3 is 6.18 Å². The number of benzene rings is 2. The van der Waals surface area contributed by atoms with Gasteiger partial charge in [-0.15, -0.1) is 0 Å². The maximum atomic E-state index is 15.7. The summed E-state index contributed by atoms with van der Waals surface area (Å²) >= 11 is 0. The maximum Gasteiger partial charge on any atom is 0.417 e. The van der Waals surface area contributed by atoms with E-state index in [1.165, 1.54) is 30.0 Å². The zero-order chi connectivity index (χ0) is 28.5. The van der Waals surface area contributed by atoms with Crippen LogP contribution in [0.25, 0.3) is 11.1 Å². The number of nitrogens with zero attached hydrogens (tertiary/aromatic N) is 1. The van der Waals surface area contributed by atoms with Gasteiger partial charge in [0, 0.05) is 29.6 Å². The number of carbonyl (C=O) groups excluding carboxylic acids is 1. The Hall–Kier alpha value is -2.64. The summed E-state index contributed by atoms with van der Waals surface area (Å²) in [5.74, 6) is -4.95. The number of carbonyl (C=O) groups is 1. The van der Waals surface area contributed by atoms with Crippen LogP contribution in [0.15, 0.2) is 36.4 Å². The van der Waals surface area contributed by atoms with Crippen molar-refractivity contribution in [3.05, 3.63) is 59.4 Å². The Kier molecular flexibility index (Phi) is 6.78. The zero-order valence-corrected chi connectivity index (χ0v) is 21.5. The molecule has 4 atom stereocenters. The predicted molar refractivity (Wildman–Crippen MR) is 128 cm³/mol. The summed E-state index contributed by atoms with van der Waals surface area (Å²) in [6.45, 7) is 1.42. The van der Waals surface area contributed by atoms with E-state index in [2.05, 4.69) is 4.72 Å². The molecule has 5 rings (SSSR count). The summed E-state index contributed by atoms with van der Waals surface area (Å²) in [7, 11) is -3.76. The molecule has 3 fully saturated rings. The maximum absolute atomic E-state index is 15.7. The molecular formula is C26H26F6N2O4S. The molecule has 0 aromatic heterocycles. The van der Waals surface area contributed by atoms with Gasteiger partial charge in [0.15, 0.2) is 5.60 Å². The van der Waals surface area contributed by atoms with Gasteiger partial charge in [-0.25, -0.2) is 26.3 Å². The highest BCUT2D eigenvalue weighted by Gasteiger charge is 2.66. The lowest BCUT2D eigenvalue weighted by Gasteiger charge is -2.46. The number of hydrogen-bond donors (Lipinski definition) is 2. The number of hydrogen-bond acceptors (Lipinski definition) is 4. The number of halogens is 6. The number of nitrogens with one attached hydrogen (secondary N) is 1. The summed E-state index contributed by atoms with van der Waals surface area (Å²) in [4.78, 5) is 14.8. The Morgan fingerprint density at radius 3 is 2.36 bits per heavy atom. The molecule has 0 spiro atoms. The molecule has 39 heavy (non-hydrogen) atoms. The fourth-order valence-electron chi connectivity index (χ4n) is 5.89. The second-order valence-corrected chi connectivity index (χ2v) is 12.6. The van der Waals surface area contributed by atoms with Crippen molar-refractivity contribution in [2.45, 2.75) is 62.5 Å². The van der Waals surface area contributed by atoms with Crippen LogP contribution >= 0.6 is 0 Å². The fourth-order valence-corrected chi connectivity index (χ4v) is 6.80. The lowest BCUT2D eigenvalue weighted by Crippen LogP contribution is -2.60. The van der Waals surface area contributed by atoms with E-state index in [0.29, 0.717) is 12.5 Å². The Morgan fingerprint density at radius 1 is 1.13 bits per heavy atom. The van der Waals surface area contributed by atoms with Gasteiger partial charge < -0.3 is 10.0 Å². The minimum atomic E-state index is -4.89. The molecule has 1 amide bonds. The van der Waals surface area contributed by atoms with E-state index in [1.807, 2.05) is 0 Å². The first-order valence-corrected chi connectivity index (χ1v) is 14.1. The first-order chi connectivity index (χ1) is 18.1. The molecule has 0 unspecified atom stereocenters. The van der Waals surface area contributed by atoms with E-state index in [-0.39, 0.29) is 34.8 Å². The molecule has 1 saturated heterocycles. The summed E-state index contributed by atoms with van der Waals surface area (Å²) in [5.41, 5.74) is -3.08. The van der Waals surface area contributed by atoms with Crippen molar-refractivity contribution in [3.63, 3.8) is 0 Å². The van der Waals surface area contributed by atoms with Gasteiger partial charge in [0.2, 0.25) is 15.9 Å². The van der Waals surface area contributed by atoms with Crippen LogP contribution in [0.2, 0.25) is 0 Å². The molecule has 2 saturated carbocycles. The van der Waals surface area contributed by atoms with Gasteiger partial charge in [-0.2, -0.15) is 13.2 Å². The number of alkyl halides is 3. The standard InChI is InChI=1S/C26H26F6N2O4S/c1-2-39(37,38)33-23-19-10-20(19)34(24(35)15-11-25(36,12-15)26(30,31)32)21(23)8-13-4-3-5-18(22(13)29)14-6-16(27)9-17(28)7-14/h3-7,9,15,19-21,23,33,36H,2,8,10-12H2,1H3/t15?,19-,20+,21+,23+,25?/m0/s1. The second kappa shape index (κ2) is 9.48. The van der Waals surface area contributed by atoms with Crippen LogP contribution in [0.3, 0.4) is 0 Å². The average Bonchev–Trinajstić information content (AvgIpc) is 3.54. The highest BCUT2D eigenvalue weighted by molar-refractivity contribution is 7.89. The molecule has 1 aliphatic heterocycles. The molecule has 212 valence electrons. The van der Waals surface area contributed by atoms with Crippen LogP contribution in [0.1, 0.15) is 31.7 Å². The van der Waals surface area contributed by atoms with Crippen LogP contribution < -0.4 is 4.72 Å². The largest absolute Gasteiger partial charge is 0.417 e. The number of piperidine rings is 1. The molecule has 2 aromatic carbocycles. The molecule has 2 N–H and O–H groups in total. The topological polar surface area (TPSA) is 86.7 Å². The fraction of sp³-hybridized carbons (Fsp3) is 0.500.